The molecular formula is C9H17NO. The average molecular weight is 155 g/mol. The van der Waals surface area contributed by atoms with Crippen molar-refractivity contribution in [2.24, 2.45) is 17.6 Å². The lowest BCUT2D eigenvalue weighted by Gasteiger charge is -2.24. The first-order chi connectivity index (χ1) is 5.38. The molecule has 2 unspecified atom stereocenters. The van der Waals surface area contributed by atoms with Gasteiger partial charge in [-0.3, -0.25) is 0 Å². The fourth-order valence-corrected chi connectivity index (χ4v) is 1.66. The molecule has 0 aliphatic heterocycles. The van der Waals surface area contributed by atoms with Crippen LogP contribution in [0.25, 0.3) is 0 Å². The van der Waals surface area contributed by atoms with E-state index in [2.05, 4.69) is 12.2 Å². The van der Waals surface area contributed by atoms with Gasteiger partial charge in [0.15, 0.2) is 0 Å². The number of aliphatic hydroxyl groups is 1. The summed E-state index contributed by atoms with van der Waals surface area (Å²) in [5.74, 6) is 0.940. The second-order valence-electron chi connectivity index (χ2n) is 3.22. The number of aliphatic hydroxyl groups excluding tert-OH is 1. The first-order valence-electron chi connectivity index (χ1n) is 4.34. The van der Waals surface area contributed by atoms with Crippen molar-refractivity contribution in [1.29, 1.82) is 0 Å². The van der Waals surface area contributed by atoms with Crippen LogP contribution >= 0.6 is 0 Å². The molecule has 1 aliphatic carbocycles. The Labute approximate surface area is 68.1 Å². The summed E-state index contributed by atoms with van der Waals surface area (Å²) in [6, 6.07) is 0. The molecule has 1 rings (SSSR count). The molecule has 3 N–H and O–H groups in total. The molecule has 0 aromatic heterocycles. The highest BCUT2D eigenvalue weighted by molar-refractivity contribution is 4.92. The Morgan fingerprint density at radius 1 is 1.55 bits per heavy atom. The van der Waals surface area contributed by atoms with Gasteiger partial charge < -0.3 is 10.8 Å². The summed E-state index contributed by atoms with van der Waals surface area (Å²) >= 11 is 0. The van der Waals surface area contributed by atoms with E-state index in [1.54, 1.807) is 0 Å². The van der Waals surface area contributed by atoms with Gasteiger partial charge in [-0.15, -0.1) is 0 Å². The van der Waals surface area contributed by atoms with E-state index < -0.39 is 0 Å². The van der Waals surface area contributed by atoms with Crippen molar-refractivity contribution in [2.45, 2.75) is 19.3 Å². The molecule has 0 spiro atoms. The smallest absolute Gasteiger partial charge is 0.0474 e. The lowest BCUT2D eigenvalue weighted by molar-refractivity contribution is 0.173. The first-order valence-corrected chi connectivity index (χ1v) is 4.34. The van der Waals surface area contributed by atoms with Crippen LogP contribution in [0.2, 0.25) is 0 Å². The Bertz CT molecular complexity index is 130. The van der Waals surface area contributed by atoms with Crippen molar-refractivity contribution in [1.82, 2.24) is 0 Å². The van der Waals surface area contributed by atoms with Gasteiger partial charge in [-0.25, -0.2) is 0 Å². The number of rotatable bonds is 3. The second kappa shape index (κ2) is 4.52. The molecule has 64 valence electrons. The molecule has 0 radical (unpaired) electrons. The molecule has 0 aromatic rings. The molecule has 1 aliphatic rings. The largest absolute Gasteiger partial charge is 0.396 e. The van der Waals surface area contributed by atoms with Crippen LogP contribution in [0.15, 0.2) is 12.2 Å². The highest BCUT2D eigenvalue weighted by Gasteiger charge is 2.19. The van der Waals surface area contributed by atoms with E-state index in [1.165, 1.54) is 6.42 Å². The molecule has 0 aromatic carbocycles. The molecule has 2 heteroatoms. The SMILES string of the molecule is NCC(CO)C1CC=CCC1. The third-order valence-corrected chi connectivity index (χ3v) is 2.51. The zero-order chi connectivity index (χ0) is 8.10. The van der Waals surface area contributed by atoms with Gasteiger partial charge in [0.1, 0.15) is 0 Å². The summed E-state index contributed by atoms with van der Waals surface area (Å²) in [5, 5.41) is 8.97. The second-order valence-corrected chi connectivity index (χ2v) is 3.22. The molecule has 2 atom stereocenters. The first kappa shape index (κ1) is 8.75. The predicted molar refractivity (Wildman–Crippen MR) is 46.1 cm³/mol. The van der Waals surface area contributed by atoms with Crippen molar-refractivity contribution in [3.05, 3.63) is 12.2 Å². The van der Waals surface area contributed by atoms with E-state index in [1.807, 2.05) is 0 Å². The third kappa shape index (κ3) is 2.31. The minimum absolute atomic E-state index is 0.245. The van der Waals surface area contributed by atoms with Crippen molar-refractivity contribution in [3.8, 4) is 0 Å². The van der Waals surface area contributed by atoms with Crippen molar-refractivity contribution in [3.63, 3.8) is 0 Å². The van der Waals surface area contributed by atoms with Crippen molar-refractivity contribution < 1.29 is 5.11 Å². The normalized spacial score (nSPS) is 26.9. The van der Waals surface area contributed by atoms with Gasteiger partial charge in [0, 0.05) is 6.61 Å². The molecule has 0 fully saturated rings. The topological polar surface area (TPSA) is 46.2 Å². The highest BCUT2D eigenvalue weighted by atomic mass is 16.3. The summed E-state index contributed by atoms with van der Waals surface area (Å²) < 4.78 is 0. The standard InChI is InChI=1S/C9H17NO/c10-6-9(7-11)8-4-2-1-3-5-8/h1-2,8-9,11H,3-7,10H2. The Morgan fingerprint density at radius 3 is 2.82 bits per heavy atom. The fourth-order valence-electron chi connectivity index (χ4n) is 1.66. The molecule has 0 heterocycles. The molecule has 0 saturated carbocycles. The van der Waals surface area contributed by atoms with Gasteiger partial charge in [0.25, 0.3) is 0 Å². The maximum absolute atomic E-state index is 8.97. The molecule has 0 bridgehead atoms. The molecule has 2 nitrogen and oxygen atoms in total. The summed E-state index contributed by atoms with van der Waals surface area (Å²) in [6.45, 7) is 0.865. The Hall–Kier alpha value is -0.340. The van der Waals surface area contributed by atoms with Crippen LogP contribution in [-0.2, 0) is 0 Å². The Morgan fingerprint density at radius 2 is 2.36 bits per heavy atom. The zero-order valence-corrected chi connectivity index (χ0v) is 6.87. The fraction of sp³-hybridized carbons (Fsp3) is 0.778. The quantitative estimate of drug-likeness (QED) is 0.595. The molecule has 0 saturated heterocycles. The van der Waals surface area contributed by atoms with Gasteiger partial charge in [-0.1, -0.05) is 12.2 Å². The van der Waals surface area contributed by atoms with Gasteiger partial charge >= 0.3 is 0 Å². The average Bonchev–Trinajstić information content (AvgIpc) is 2.09. The van der Waals surface area contributed by atoms with E-state index in [0.717, 1.165) is 12.8 Å². The zero-order valence-electron chi connectivity index (χ0n) is 6.87. The van der Waals surface area contributed by atoms with Crippen LogP contribution in [0.5, 0.6) is 0 Å². The monoisotopic (exact) mass is 155 g/mol. The lowest BCUT2D eigenvalue weighted by atomic mass is 9.83. The summed E-state index contributed by atoms with van der Waals surface area (Å²) in [5.41, 5.74) is 5.53. The van der Waals surface area contributed by atoms with Crippen LogP contribution in [0.4, 0.5) is 0 Å². The molecular weight excluding hydrogens is 138 g/mol. The molecule has 11 heavy (non-hydrogen) atoms. The number of hydrogen-bond acceptors (Lipinski definition) is 2. The third-order valence-electron chi connectivity index (χ3n) is 2.51. The lowest BCUT2D eigenvalue weighted by Crippen LogP contribution is -2.27. The van der Waals surface area contributed by atoms with E-state index in [0.29, 0.717) is 18.4 Å². The van der Waals surface area contributed by atoms with E-state index in [4.69, 9.17) is 10.8 Å². The van der Waals surface area contributed by atoms with Crippen LogP contribution in [0.3, 0.4) is 0 Å². The van der Waals surface area contributed by atoms with E-state index in [-0.39, 0.29) is 6.61 Å². The number of nitrogens with two attached hydrogens (primary N) is 1. The number of hydrogen-bond donors (Lipinski definition) is 2. The number of allylic oxidation sites excluding steroid dienone is 2. The van der Waals surface area contributed by atoms with Crippen LogP contribution in [0.1, 0.15) is 19.3 Å². The van der Waals surface area contributed by atoms with Gasteiger partial charge in [-0.2, -0.15) is 0 Å². The van der Waals surface area contributed by atoms with Crippen molar-refractivity contribution >= 4 is 0 Å². The maximum Gasteiger partial charge on any atom is 0.0474 e. The van der Waals surface area contributed by atoms with Gasteiger partial charge in [-0.05, 0) is 37.6 Å². The maximum atomic E-state index is 8.97. The minimum atomic E-state index is 0.245. The predicted octanol–water partition coefficient (Wildman–Crippen LogP) is 0.910. The van der Waals surface area contributed by atoms with E-state index >= 15 is 0 Å². The van der Waals surface area contributed by atoms with Crippen LogP contribution in [0, 0.1) is 11.8 Å². The van der Waals surface area contributed by atoms with Gasteiger partial charge in [0.2, 0.25) is 0 Å². The highest BCUT2D eigenvalue weighted by Crippen LogP contribution is 2.24. The van der Waals surface area contributed by atoms with E-state index in [9.17, 15) is 0 Å². The summed E-state index contributed by atoms with van der Waals surface area (Å²) in [4.78, 5) is 0. The Balaban J connectivity index is 2.38. The summed E-state index contributed by atoms with van der Waals surface area (Å²) in [7, 11) is 0. The molecule has 0 amide bonds. The van der Waals surface area contributed by atoms with Gasteiger partial charge in [0.05, 0.1) is 0 Å². The van der Waals surface area contributed by atoms with Crippen LogP contribution in [-0.4, -0.2) is 18.3 Å². The minimum Gasteiger partial charge on any atom is -0.396 e. The van der Waals surface area contributed by atoms with Crippen LogP contribution < -0.4 is 5.73 Å². The Kier molecular flexibility index (Phi) is 3.60. The summed E-state index contributed by atoms with van der Waals surface area (Å²) in [6.07, 6.45) is 7.86. The van der Waals surface area contributed by atoms with Crippen molar-refractivity contribution in [2.75, 3.05) is 13.2 Å².